The fourth-order valence-corrected chi connectivity index (χ4v) is 4.33. The van der Waals surface area contributed by atoms with Gasteiger partial charge in [-0.3, -0.25) is 4.79 Å². The molecule has 0 saturated heterocycles. The maximum Gasteiger partial charge on any atom is 0.234 e. The number of rotatable bonds is 7. The van der Waals surface area contributed by atoms with Crippen LogP contribution in [-0.4, -0.2) is 36.4 Å². The minimum absolute atomic E-state index is 0.0636. The monoisotopic (exact) mass is 428 g/mol. The van der Waals surface area contributed by atoms with E-state index < -0.39 is 0 Å². The first-order valence-corrected chi connectivity index (χ1v) is 11.1. The molecule has 2 heterocycles. The maximum atomic E-state index is 12.3. The molecule has 2 aromatic heterocycles. The van der Waals surface area contributed by atoms with E-state index in [0.29, 0.717) is 10.9 Å². The summed E-state index contributed by atoms with van der Waals surface area (Å²) in [6.45, 7) is 7.90. The molecule has 1 N–H and O–H groups in total. The first kappa shape index (κ1) is 21.3. The number of carbonyl (C=O) groups is 1. The number of thioether (sulfide) groups is 2. The van der Waals surface area contributed by atoms with Crippen molar-refractivity contribution < 1.29 is 4.79 Å². The highest BCUT2D eigenvalue weighted by molar-refractivity contribution is 7.99. The maximum absolute atomic E-state index is 12.3. The topological polar surface area (TPSA) is 85.6 Å². The second kappa shape index (κ2) is 9.41. The van der Waals surface area contributed by atoms with Gasteiger partial charge >= 0.3 is 0 Å². The van der Waals surface area contributed by atoms with E-state index in [-0.39, 0.29) is 11.7 Å². The predicted octanol–water partition coefficient (Wildman–Crippen LogP) is 3.86. The van der Waals surface area contributed by atoms with E-state index in [0.717, 1.165) is 39.2 Å². The zero-order valence-electron chi connectivity index (χ0n) is 17.2. The molecule has 0 bridgehead atoms. The molecule has 0 atom stereocenters. The molecule has 0 fully saturated rings. The van der Waals surface area contributed by atoms with Crippen molar-refractivity contribution in [2.45, 2.75) is 43.8 Å². The number of aromatic nitrogens is 5. The van der Waals surface area contributed by atoms with Crippen LogP contribution in [0.4, 0.5) is 5.69 Å². The second-order valence-electron chi connectivity index (χ2n) is 6.84. The van der Waals surface area contributed by atoms with Gasteiger partial charge in [0.15, 0.2) is 10.3 Å². The van der Waals surface area contributed by atoms with Gasteiger partial charge in [0.25, 0.3) is 0 Å². The van der Waals surface area contributed by atoms with Crippen LogP contribution in [0.15, 0.2) is 34.6 Å². The van der Waals surface area contributed by atoms with Gasteiger partial charge in [-0.2, -0.15) is 0 Å². The van der Waals surface area contributed by atoms with Crippen molar-refractivity contribution >= 4 is 35.1 Å². The van der Waals surface area contributed by atoms with Gasteiger partial charge in [0.1, 0.15) is 5.82 Å². The number of aryl methyl sites for hydroxylation is 4. The molecule has 0 aliphatic rings. The molecule has 1 amide bonds. The quantitative estimate of drug-likeness (QED) is 0.452. The third-order valence-corrected chi connectivity index (χ3v) is 6.08. The van der Waals surface area contributed by atoms with E-state index in [9.17, 15) is 4.79 Å². The number of benzene rings is 1. The van der Waals surface area contributed by atoms with Crippen LogP contribution in [0.1, 0.15) is 28.3 Å². The van der Waals surface area contributed by atoms with Gasteiger partial charge in [-0.05, 0) is 51.0 Å². The molecule has 0 radical (unpaired) electrons. The van der Waals surface area contributed by atoms with Gasteiger partial charge in [-0.25, -0.2) is 9.97 Å². The first-order chi connectivity index (χ1) is 13.8. The molecule has 0 aliphatic carbocycles. The van der Waals surface area contributed by atoms with Crippen LogP contribution < -0.4 is 5.32 Å². The van der Waals surface area contributed by atoms with Gasteiger partial charge in [-0.15, -0.1) is 10.2 Å². The molecular weight excluding hydrogens is 404 g/mol. The smallest absolute Gasteiger partial charge is 0.234 e. The lowest BCUT2D eigenvalue weighted by Crippen LogP contribution is -2.15. The number of nitrogens with zero attached hydrogens (tertiary/aromatic N) is 5. The Kier molecular flexibility index (Phi) is 6.92. The SMILES string of the molecule is Cc1ccc(C)c(NC(=O)CSc2nnc(CSc3nc(C)cc(C)n3)n2C)c1. The highest BCUT2D eigenvalue weighted by Gasteiger charge is 2.13. The van der Waals surface area contributed by atoms with E-state index in [2.05, 4.69) is 25.5 Å². The van der Waals surface area contributed by atoms with Crippen molar-refractivity contribution in [3.8, 4) is 0 Å². The minimum atomic E-state index is -0.0636. The fourth-order valence-electron chi connectivity index (χ4n) is 2.67. The third kappa shape index (κ3) is 5.80. The van der Waals surface area contributed by atoms with Crippen molar-refractivity contribution in [1.82, 2.24) is 24.7 Å². The normalized spacial score (nSPS) is 10.9. The molecule has 152 valence electrons. The first-order valence-electron chi connectivity index (χ1n) is 9.15. The van der Waals surface area contributed by atoms with Crippen LogP contribution in [0.25, 0.3) is 0 Å². The molecule has 3 aromatic rings. The van der Waals surface area contributed by atoms with Crippen LogP contribution in [0, 0.1) is 27.7 Å². The summed E-state index contributed by atoms with van der Waals surface area (Å²) in [5.41, 5.74) is 4.90. The molecular formula is C20H24N6OS2. The lowest BCUT2D eigenvalue weighted by Gasteiger charge is -2.09. The largest absolute Gasteiger partial charge is 0.325 e. The van der Waals surface area contributed by atoms with Gasteiger partial charge in [0, 0.05) is 24.1 Å². The van der Waals surface area contributed by atoms with Gasteiger partial charge < -0.3 is 9.88 Å². The van der Waals surface area contributed by atoms with Crippen LogP contribution in [0.5, 0.6) is 0 Å². The lowest BCUT2D eigenvalue weighted by molar-refractivity contribution is -0.113. The van der Waals surface area contributed by atoms with Crippen molar-refractivity contribution in [3.05, 3.63) is 52.6 Å². The predicted molar refractivity (Wildman–Crippen MR) is 117 cm³/mol. The summed E-state index contributed by atoms with van der Waals surface area (Å²) in [4.78, 5) is 21.2. The Morgan fingerprint density at radius 3 is 2.48 bits per heavy atom. The lowest BCUT2D eigenvalue weighted by atomic mass is 10.1. The summed E-state index contributed by atoms with van der Waals surface area (Å²) >= 11 is 2.89. The molecule has 9 heteroatoms. The second-order valence-corrected chi connectivity index (χ2v) is 8.72. The van der Waals surface area contributed by atoms with E-state index in [1.165, 1.54) is 23.5 Å². The summed E-state index contributed by atoms with van der Waals surface area (Å²) in [5, 5.41) is 12.9. The summed E-state index contributed by atoms with van der Waals surface area (Å²) in [5.74, 6) is 1.63. The molecule has 7 nitrogen and oxygen atoms in total. The molecule has 0 unspecified atom stereocenters. The van der Waals surface area contributed by atoms with Crippen molar-refractivity contribution in [2.75, 3.05) is 11.1 Å². The van der Waals surface area contributed by atoms with Crippen LogP contribution in [0.2, 0.25) is 0 Å². The standard InChI is InChI=1S/C20H24N6OS2/c1-12-6-7-13(2)16(8-12)23-18(27)11-29-20-25-24-17(26(20)5)10-28-19-21-14(3)9-15(4)22-19/h6-9H,10-11H2,1-5H3,(H,23,27). The number of anilines is 1. The molecule has 0 spiro atoms. The zero-order valence-corrected chi connectivity index (χ0v) is 18.8. The molecule has 29 heavy (non-hydrogen) atoms. The number of amides is 1. The van der Waals surface area contributed by atoms with Gasteiger partial charge in [0.05, 0.1) is 11.5 Å². The van der Waals surface area contributed by atoms with Crippen molar-refractivity contribution in [1.29, 1.82) is 0 Å². The summed E-state index contributed by atoms with van der Waals surface area (Å²) in [6.07, 6.45) is 0. The Hall–Kier alpha value is -2.39. The molecule has 0 aliphatic heterocycles. The van der Waals surface area contributed by atoms with Gasteiger partial charge in [-0.1, -0.05) is 35.7 Å². The Bertz CT molecular complexity index is 1010. The van der Waals surface area contributed by atoms with Crippen LogP contribution >= 0.6 is 23.5 Å². The minimum Gasteiger partial charge on any atom is -0.325 e. The number of hydrogen-bond donors (Lipinski definition) is 1. The Morgan fingerprint density at radius 1 is 1.03 bits per heavy atom. The number of hydrogen-bond acceptors (Lipinski definition) is 7. The highest BCUT2D eigenvalue weighted by Crippen LogP contribution is 2.23. The average molecular weight is 429 g/mol. The Labute approximate surface area is 179 Å². The van der Waals surface area contributed by atoms with Crippen molar-refractivity contribution in [3.63, 3.8) is 0 Å². The summed E-state index contributed by atoms with van der Waals surface area (Å²) in [6, 6.07) is 7.96. The summed E-state index contributed by atoms with van der Waals surface area (Å²) in [7, 11) is 1.91. The van der Waals surface area contributed by atoms with Crippen molar-refractivity contribution in [2.24, 2.45) is 7.05 Å². The van der Waals surface area contributed by atoms with Gasteiger partial charge in [0.2, 0.25) is 5.91 Å². The van der Waals surface area contributed by atoms with E-state index in [4.69, 9.17) is 0 Å². The highest BCUT2D eigenvalue weighted by atomic mass is 32.2. The zero-order chi connectivity index (χ0) is 21.0. The Balaban J connectivity index is 1.56. The molecule has 1 aromatic carbocycles. The Morgan fingerprint density at radius 2 is 1.76 bits per heavy atom. The van der Waals surface area contributed by atoms with Crippen LogP contribution in [-0.2, 0) is 17.6 Å². The van der Waals surface area contributed by atoms with E-state index in [1.54, 1.807) is 0 Å². The van der Waals surface area contributed by atoms with E-state index in [1.807, 2.05) is 63.6 Å². The molecule has 3 rings (SSSR count). The van der Waals surface area contributed by atoms with E-state index >= 15 is 0 Å². The number of nitrogens with one attached hydrogen (secondary N) is 1. The fraction of sp³-hybridized carbons (Fsp3) is 0.350. The summed E-state index contributed by atoms with van der Waals surface area (Å²) < 4.78 is 1.91. The van der Waals surface area contributed by atoms with Crippen LogP contribution in [0.3, 0.4) is 0 Å². The number of carbonyl (C=O) groups excluding carboxylic acids is 1. The molecule has 0 saturated carbocycles. The average Bonchev–Trinajstić information content (AvgIpc) is 3.00. The third-order valence-electron chi connectivity index (χ3n) is 4.22.